The third kappa shape index (κ3) is 5.60. The zero-order valence-electron chi connectivity index (χ0n) is 22.0. The fourth-order valence-corrected chi connectivity index (χ4v) is 5.12. The molecule has 4 aromatic rings. The molecule has 2 atom stereocenters. The minimum Gasteiger partial charge on any atom is -0.491 e. The van der Waals surface area contributed by atoms with Crippen molar-refractivity contribution >= 4 is 26.8 Å². The van der Waals surface area contributed by atoms with Gasteiger partial charge in [-0.25, -0.2) is 14.4 Å². The highest BCUT2D eigenvalue weighted by atomic mass is 79.9. The topological polar surface area (TPSA) is 76.9 Å². The second-order valence-corrected chi connectivity index (χ2v) is 10.2. The Morgan fingerprint density at radius 2 is 1.76 bits per heavy atom. The normalized spacial score (nSPS) is 13.8. The Bertz CT molecular complexity index is 1430. The lowest BCUT2D eigenvalue weighted by atomic mass is 9.72. The molecule has 4 rings (SSSR count). The van der Waals surface area contributed by atoms with Crippen LogP contribution in [0.5, 0.6) is 17.5 Å². The first-order valence-corrected chi connectivity index (χ1v) is 12.8. The van der Waals surface area contributed by atoms with Gasteiger partial charge in [0.15, 0.2) is 5.75 Å². The summed E-state index contributed by atoms with van der Waals surface area (Å²) in [5, 5.41) is 13.5. The summed E-state index contributed by atoms with van der Waals surface area (Å²) in [6.07, 6.45) is 1.92. The lowest BCUT2D eigenvalue weighted by molar-refractivity contribution is 0.00338. The third-order valence-corrected chi connectivity index (χ3v) is 7.10. The monoisotopic (exact) mass is 583 g/mol. The number of benzene rings is 2. The SMILES string of the molecule is COc1cc(C(c2cc3cc(Br)ccc3nc2OC)C(O)(CCN(C)C)c2cccc(F)c2)cnc1OC. The number of aromatic nitrogens is 2. The van der Waals surface area contributed by atoms with E-state index in [2.05, 4.69) is 20.9 Å². The molecule has 1 N–H and O–H groups in total. The Morgan fingerprint density at radius 1 is 1.00 bits per heavy atom. The van der Waals surface area contributed by atoms with E-state index in [1.165, 1.54) is 26.4 Å². The number of nitrogens with zero attached hydrogens (tertiary/aromatic N) is 3. The van der Waals surface area contributed by atoms with Crippen molar-refractivity contribution in [3.8, 4) is 17.5 Å². The van der Waals surface area contributed by atoms with Crippen molar-refractivity contribution in [1.82, 2.24) is 14.9 Å². The van der Waals surface area contributed by atoms with Gasteiger partial charge in [0.1, 0.15) is 11.4 Å². The zero-order chi connectivity index (χ0) is 27.4. The maximum atomic E-state index is 14.6. The minimum absolute atomic E-state index is 0.280. The van der Waals surface area contributed by atoms with Gasteiger partial charge in [-0.2, -0.15) is 0 Å². The van der Waals surface area contributed by atoms with Crippen LogP contribution in [-0.2, 0) is 5.60 Å². The molecule has 0 aliphatic carbocycles. The summed E-state index contributed by atoms with van der Waals surface area (Å²) in [4.78, 5) is 11.2. The zero-order valence-corrected chi connectivity index (χ0v) is 23.6. The number of rotatable bonds is 10. The van der Waals surface area contributed by atoms with Crippen LogP contribution in [0.15, 0.2) is 65.3 Å². The molecule has 0 spiro atoms. The Balaban J connectivity index is 2.07. The van der Waals surface area contributed by atoms with Gasteiger partial charge in [-0.15, -0.1) is 0 Å². The van der Waals surface area contributed by atoms with E-state index in [0.29, 0.717) is 40.7 Å². The van der Waals surface area contributed by atoms with Crippen molar-refractivity contribution in [3.05, 3.63) is 87.8 Å². The standard InChI is InChI=1S/C29H31BrFN3O4/c1-34(2)12-11-29(35,20-7-6-8-22(31)16-20)26(19-15-25(36-3)28(38-5)32-17-19)23-14-18-13-21(30)9-10-24(18)33-27(23)37-4/h6-10,13-17,26,35H,11-12H2,1-5H3. The molecule has 0 saturated carbocycles. The van der Waals surface area contributed by atoms with Crippen LogP contribution in [0.25, 0.3) is 10.9 Å². The Labute approximate surface area is 230 Å². The first-order valence-electron chi connectivity index (χ1n) is 12.1. The predicted octanol–water partition coefficient (Wildman–Crippen LogP) is 5.53. The molecule has 0 aliphatic rings. The van der Waals surface area contributed by atoms with Crippen molar-refractivity contribution in [2.75, 3.05) is 42.0 Å². The highest BCUT2D eigenvalue weighted by molar-refractivity contribution is 9.10. The molecular formula is C29H31BrFN3O4. The van der Waals surface area contributed by atoms with Gasteiger partial charge in [-0.05, 0) is 74.1 Å². The summed E-state index contributed by atoms with van der Waals surface area (Å²) >= 11 is 3.54. The molecule has 9 heteroatoms. The van der Waals surface area contributed by atoms with Crippen LogP contribution in [-0.4, -0.2) is 61.9 Å². The molecule has 0 amide bonds. The molecule has 200 valence electrons. The predicted molar refractivity (Wildman–Crippen MR) is 149 cm³/mol. The molecule has 0 fully saturated rings. The molecule has 0 saturated heterocycles. The molecule has 2 aromatic heterocycles. The first kappa shape index (κ1) is 27.8. The molecule has 2 unspecified atom stereocenters. The largest absolute Gasteiger partial charge is 0.491 e. The van der Waals surface area contributed by atoms with Gasteiger partial charge in [0.2, 0.25) is 5.88 Å². The van der Waals surface area contributed by atoms with E-state index in [1.807, 2.05) is 43.3 Å². The van der Waals surface area contributed by atoms with Crippen molar-refractivity contribution in [2.45, 2.75) is 17.9 Å². The number of pyridine rings is 2. The van der Waals surface area contributed by atoms with Crippen LogP contribution in [0.3, 0.4) is 0 Å². The average Bonchev–Trinajstić information content (AvgIpc) is 2.91. The molecule has 7 nitrogen and oxygen atoms in total. The van der Waals surface area contributed by atoms with E-state index < -0.39 is 17.3 Å². The average molecular weight is 584 g/mol. The number of ether oxygens (including phenoxy) is 3. The van der Waals surface area contributed by atoms with Gasteiger partial charge in [0.05, 0.1) is 26.8 Å². The van der Waals surface area contributed by atoms with Gasteiger partial charge in [0.25, 0.3) is 5.88 Å². The van der Waals surface area contributed by atoms with E-state index >= 15 is 0 Å². The van der Waals surface area contributed by atoms with Gasteiger partial charge >= 0.3 is 0 Å². The van der Waals surface area contributed by atoms with Crippen molar-refractivity contribution in [3.63, 3.8) is 0 Å². The molecule has 2 aromatic carbocycles. The van der Waals surface area contributed by atoms with E-state index in [4.69, 9.17) is 19.2 Å². The van der Waals surface area contributed by atoms with Crippen LogP contribution in [0.4, 0.5) is 4.39 Å². The van der Waals surface area contributed by atoms with Crippen LogP contribution < -0.4 is 14.2 Å². The van der Waals surface area contributed by atoms with Crippen LogP contribution in [0, 0.1) is 5.82 Å². The first-order chi connectivity index (χ1) is 18.2. The Morgan fingerprint density at radius 3 is 2.42 bits per heavy atom. The fraction of sp³-hybridized carbons (Fsp3) is 0.310. The number of fused-ring (bicyclic) bond motifs is 1. The summed E-state index contributed by atoms with van der Waals surface area (Å²) in [5.74, 6) is -0.144. The second-order valence-electron chi connectivity index (χ2n) is 9.32. The Hall–Kier alpha value is -3.27. The van der Waals surface area contributed by atoms with Gasteiger partial charge in [0, 0.05) is 34.1 Å². The lowest BCUT2D eigenvalue weighted by Crippen LogP contribution is -2.38. The maximum absolute atomic E-state index is 14.6. The minimum atomic E-state index is -1.58. The number of halogens is 2. The smallest absolute Gasteiger partial charge is 0.256 e. The molecule has 0 aliphatic heterocycles. The quantitative estimate of drug-likeness (QED) is 0.263. The van der Waals surface area contributed by atoms with E-state index in [1.54, 1.807) is 31.5 Å². The maximum Gasteiger partial charge on any atom is 0.256 e. The number of aliphatic hydroxyl groups is 1. The van der Waals surface area contributed by atoms with Gasteiger partial charge < -0.3 is 24.2 Å². The second kappa shape index (κ2) is 11.6. The van der Waals surface area contributed by atoms with Crippen molar-refractivity contribution in [2.24, 2.45) is 0 Å². The highest BCUT2D eigenvalue weighted by Crippen LogP contribution is 2.48. The van der Waals surface area contributed by atoms with Gasteiger partial charge in [-0.3, -0.25) is 0 Å². The summed E-state index contributed by atoms with van der Waals surface area (Å²) in [5.41, 5.74) is 0.832. The van der Waals surface area contributed by atoms with E-state index in [0.717, 1.165) is 15.4 Å². The molecule has 38 heavy (non-hydrogen) atoms. The summed E-state index contributed by atoms with van der Waals surface area (Å²) < 4.78 is 32.1. The molecule has 2 heterocycles. The number of hydrogen-bond acceptors (Lipinski definition) is 7. The number of hydrogen-bond donors (Lipinski definition) is 1. The van der Waals surface area contributed by atoms with Crippen molar-refractivity contribution in [1.29, 1.82) is 0 Å². The van der Waals surface area contributed by atoms with E-state index in [9.17, 15) is 9.50 Å². The molecule has 0 radical (unpaired) electrons. The van der Waals surface area contributed by atoms with E-state index in [-0.39, 0.29) is 6.42 Å². The van der Waals surface area contributed by atoms with Crippen LogP contribution in [0.2, 0.25) is 0 Å². The molecule has 0 bridgehead atoms. The third-order valence-electron chi connectivity index (χ3n) is 6.60. The van der Waals surface area contributed by atoms with Crippen molar-refractivity contribution < 1.29 is 23.7 Å². The fourth-order valence-electron chi connectivity index (χ4n) is 4.74. The van der Waals surface area contributed by atoms with Crippen LogP contribution >= 0.6 is 15.9 Å². The summed E-state index contributed by atoms with van der Waals surface area (Å²) in [6, 6.07) is 15.5. The summed E-state index contributed by atoms with van der Waals surface area (Å²) in [6.45, 7) is 0.527. The van der Waals surface area contributed by atoms with Gasteiger partial charge in [-0.1, -0.05) is 28.1 Å². The Kier molecular flexibility index (Phi) is 8.50. The highest BCUT2D eigenvalue weighted by Gasteiger charge is 2.43. The number of methoxy groups -OCH3 is 3. The van der Waals surface area contributed by atoms with Crippen LogP contribution in [0.1, 0.15) is 29.0 Å². The summed E-state index contributed by atoms with van der Waals surface area (Å²) in [7, 11) is 8.43. The lowest BCUT2D eigenvalue weighted by Gasteiger charge is -2.38. The molecular weight excluding hydrogens is 553 g/mol.